The Balaban J connectivity index is 1.88. The first-order chi connectivity index (χ1) is 15.9. The molecule has 0 aliphatic carbocycles. The molecule has 4 rings (SSSR count). The number of hydrogen-bond donors (Lipinski definition) is 1. The molecule has 0 saturated heterocycles. The van der Waals surface area contributed by atoms with Crippen LogP contribution in [0.2, 0.25) is 0 Å². The molecule has 3 aromatic rings. The highest BCUT2D eigenvalue weighted by atomic mass is 16.5. The van der Waals surface area contributed by atoms with Crippen molar-refractivity contribution < 1.29 is 19.1 Å². The van der Waals surface area contributed by atoms with E-state index < -0.39 is 11.8 Å². The Morgan fingerprint density at radius 1 is 0.848 bits per heavy atom. The summed E-state index contributed by atoms with van der Waals surface area (Å²) in [7, 11) is 1.54. The van der Waals surface area contributed by atoms with Crippen LogP contribution >= 0.6 is 0 Å². The molecular weight excluding hydrogens is 416 g/mol. The number of carbonyl (C=O) groups excluding carboxylic acids is 2. The zero-order valence-electron chi connectivity index (χ0n) is 19.1. The van der Waals surface area contributed by atoms with Gasteiger partial charge in [-0.05, 0) is 62.2 Å². The molecule has 0 unspecified atom stereocenters. The van der Waals surface area contributed by atoms with E-state index in [1.54, 1.807) is 37.4 Å². The van der Waals surface area contributed by atoms with Crippen molar-refractivity contribution in [1.29, 1.82) is 0 Å². The fourth-order valence-corrected chi connectivity index (χ4v) is 4.08. The van der Waals surface area contributed by atoms with Crippen LogP contribution in [0.15, 0.2) is 72.4 Å². The van der Waals surface area contributed by atoms with Gasteiger partial charge in [0.2, 0.25) is 0 Å². The molecule has 1 N–H and O–H groups in total. The molecule has 1 aliphatic heterocycles. The summed E-state index contributed by atoms with van der Waals surface area (Å²) < 4.78 is 11.2. The van der Waals surface area contributed by atoms with Crippen molar-refractivity contribution in [2.75, 3.05) is 23.9 Å². The zero-order chi connectivity index (χ0) is 23.5. The van der Waals surface area contributed by atoms with Gasteiger partial charge in [-0.1, -0.05) is 36.4 Å². The second kappa shape index (κ2) is 9.20. The van der Waals surface area contributed by atoms with Gasteiger partial charge in [0.05, 0.1) is 25.0 Å². The van der Waals surface area contributed by atoms with E-state index in [4.69, 9.17) is 9.47 Å². The third-order valence-corrected chi connectivity index (χ3v) is 5.36. The molecule has 6 heteroatoms. The number of ether oxygens (including phenoxy) is 2. The summed E-state index contributed by atoms with van der Waals surface area (Å²) in [5.74, 6) is 0.0813. The van der Waals surface area contributed by atoms with Crippen LogP contribution in [-0.4, -0.2) is 25.5 Å². The summed E-state index contributed by atoms with van der Waals surface area (Å²) >= 11 is 0. The Morgan fingerprint density at radius 3 is 2.15 bits per heavy atom. The van der Waals surface area contributed by atoms with Crippen molar-refractivity contribution in [2.45, 2.75) is 20.8 Å². The number of imide groups is 1. The van der Waals surface area contributed by atoms with Gasteiger partial charge >= 0.3 is 0 Å². The predicted octanol–water partition coefficient (Wildman–Crippen LogP) is 5.11. The largest absolute Gasteiger partial charge is 0.496 e. The number of carbonyl (C=O) groups is 2. The number of hydrogen-bond acceptors (Lipinski definition) is 5. The number of para-hydroxylation sites is 3. The standard InChI is InChI=1S/C27H26N2O4/c1-5-33-23-13-9-7-11-21(23)29-26(30)24(20-10-6-8-12-22(20)32-4)25(27(29)31)28-19-15-17(2)14-18(3)16-19/h6-16,28H,5H2,1-4H3. The highest BCUT2D eigenvalue weighted by Gasteiger charge is 2.42. The molecule has 0 fully saturated rings. The maximum Gasteiger partial charge on any atom is 0.282 e. The Labute approximate surface area is 193 Å². The van der Waals surface area contributed by atoms with Crippen LogP contribution in [-0.2, 0) is 9.59 Å². The van der Waals surface area contributed by atoms with E-state index in [-0.39, 0.29) is 11.3 Å². The van der Waals surface area contributed by atoms with E-state index >= 15 is 0 Å². The average Bonchev–Trinajstić information content (AvgIpc) is 3.03. The third-order valence-electron chi connectivity index (χ3n) is 5.36. The third kappa shape index (κ3) is 4.20. The Kier molecular flexibility index (Phi) is 6.18. The second-order valence-electron chi connectivity index (χ2n) is 7.80. The van der Waals surface area contributed by atoms with Gasteiger partial charge in [0.25, 0.3) is 11.8 Å². The molecule has 0 atom stereocenters. The number of rotatable bonds is 7. The van der Waals surface area contributed by atoms with E-state index in [9.17, 15) is 9.59 Å². The molecule has 0 spiro atoms. The van der Waals surface area contributed by atoms with Crippen molar-refractivity contribution in [2.24, 2.45) is 0 Å². The van der Waals surface area contributed by atoms with Crippen molar-refractivity contribution in [1.82, 2.24) is 0 Å². The number of benzene rings is 3. The maximum atomic E-state index is 13.8. The summed E-state index contributed by atoms with van der Waals surface area (Å²) in [5.41, 5.74) is 4.22. The second-order valence-corrected chi connectivity index (χ2v) is 7.80. The fraction of sp³-hybridized carbons (Fsp3) is 0.185. The first-order valence-corrected chi connectivity index (χ1v) is 10.8. The highest BCUT2D eigenvalue weighted by Crippen LogP contribution is 2.40. The van der Waals surface area contributed by atoms with Crippen LogP contribution in [0.4, 0.5) is 11.4 Å². The van der Waals surface area contributed by atoms with Gasteiger partial charge in [0.1, 0.15) is 17.2 Å². The quantitative estimate of drug-likeness (QED) is 0.515. The summed E-state index contributed by atoms with van der Waals surface area (Å²) in [4.78, 5) is 28.7. The Bertz CT molecular complexity index is 1240. The highest BCUT2D eigenvalue weighted by molar-refractivity contribution is 6.46. The van der Waals surface area contributed by atoms with Gasteiger partial charge in [-0.3, -0.25) is 9.59 Å². The average molecular weight is 443 g/mol. The van der Waals surface area contributed by atoms with Gasteiger partial charge in [-0.25, -0.2) is 4.90 Å². The van der Waals surface area contributed by atoms with Crippen LogP contribution < -0.4 is 19.7 Å². The molecule has 1 aliphatic rings. The molecule has 0 aromatic heterocycles. The molecule has 6 nitrogen and oxygen atoms in total. The molecule has 168 valence electrons. The molecule has 33 heavy (non-hydrogen) atoms. The summed E-state index contributed by atoms with van der Waals surface area (Å²) in [6.45, 7) is 6.24. The first kappa shape index (κ1) is 22.1. The summed E-state index contributed by atoms with van der Waals surface area (Å²) in [6, 6.07) is 20.1. The van der Waals surface area contributed by atoms with E-state index in [1.807, 2.05) is 57.2 Å². The molecule has 2 amide bonds. The smallest absolute Gasteiger partial charge is 0.282 e. The van der Waals surface area contributed by atoms with Crippen LogP contribution in [0.25, 0.3) is 5.57 Å². The predicted molar refractivity (Wildman–Crippen MR) is 130 cm³/mol. The zero-order valence-corrected chi connectivity index (χ0v) is 19.1. The summed E-state index contributed by atoms with van der Waals surface area (Å²) in [5, 5.41) is 3.23. The van der Waals surface area contributed by atoms with Crippen molar-refractivity contribution in [3.63, 3.8) is 0 Å². The number of nitrogens with zero attached hydrogens (tertiary/aromatic N) is 1. The van der Waals surface area contributed by atoms with Crippen molar-refractivity contribution in [3.05, 3.63) is 89.1 Å². The van der Waals surface area contributed by atoms with E-state index in [0.717, 1.165) is 21.7 Å². The number of nitrogens with one attached hydrogen (secondary N) is 1. The Morgan fingerprint density at radius 2 is 1.48 bits per heavy atom. The topological polar surface area (TPSA) is 67.9 Å². The number of amides is 2. The molecule has 0 bridgehead atoms. The fourth-order valence-electron chi connectivity index (χ4n) is 4.08. The van der Waals surface area contributed by atoms with E-state index in [1.165, 1.54) is 0 Å². The monoisotopic (exact) mass is 442 g/mol. The number of aryl methyl sites for hydroxylation is 2. The van der Waals surface area contributed by atoms with Gasteiger partial charge in [-0.2, -0.15) is 0 Å². The molecule has 0 radical (unpaired) electrons. The van der Waals surface area contributed by atoms with Gasteiger partial charge in [-0.15, -0.1) is 0 Å². The lowest BCUT2D eigenvalue weighted by Gasteiger charge is -2.19. The minimum absolute atomic E-state index is 0.195. The van der Waals surface area contributed by atoms with Crippen LogP contribution in [0, 0.1) is 13.8 Å². The SMILES string of the molecule is CCOc1ccccc1N1C(=O)C(Nc2cc(C)cc(C)c2)=C(c2ccccc2OC)C1=O. The minimum atomic E-state index is -0.452. The van der Waals surface area contributed by atoms with Crippen molar-refractivity contribution >= 4 is 28.8 Å². The van der Waals surface area contributed by atoms with E-state index in [0.29, 0.717) is 29.4 Å². The van der Waals surface area contributed by atoms with Gasteiger partial charge in [0.15, 0.2) is 0 Å². The van der Waals surface area contributed by atoms with Crippen LogP contribution in [0.1, 0.15) is 23.6 Å². The summed E-state index contributed by atoms with van der Waals surface area (Å²) in [6.07, 6.45) is 0. The van der Waals surface area contributed by atoms with Crippen LogP contribution in [0.3, 0.4) is 0 Å². The van der Waals surface area contributed by atoms with Crippen molar-refractivity contribution in [3.8, 4) is 11.5 Å². The van der Waals surface area contributed by atoms with Crippen LogP contribution in [0.5, 0.6) is 11.5 Å². The molecule has 0 saturated carbocycles. The lowest BCUT2D eigenvalue weighted by Crippen LogP contribution is -2.32. The number of methoxy groups -OCH3 is 1. The molecular formula is C27H26N2O4. The van der Waals surface area contributed by atoms with Gasteiger partial charge in [0, 0.05) is 11.3 Å². The molecule has 1 heterocycles. The minimum Gasteiger partial charge on any atom is -0.496 e. The number of anilines is 2. The van der Waals surface area contributed by atoms with E-state index in [2.05, 4.69) is 5.32 Å². The van der Waals surface area contributed by atoms with Gasteiger partial charge < -0.3 is 14.8 Å². The lowest BCUT2D eigenvalue weighted by atomic mass is 10.0. The molecule has 3 aromatic carbocycles. The first-order valence-electron chi connectivity index (χ1n) is 10.8. The maximum absolute atomic E-state index is 13.8. The lowest BCUT2D eigenvalue weighted by molar-refractivity contribution is -0.120. The normalized spacial score (nSPS) is 13.5. The Hall–Kier alpha value is -4.06.